The fourth-order valence-electron chi connectivity index (χ4n) is 2.74. The molecule has 2 aromatic rings. The van der Waals surface area contributed by atoms with Gasteiger partial charge >= 0.3 is 0 Å². The number of Topliss-reactive ketones (excluding diaryl/α,β-unsaturated/α-hetero) is 1. The quantitative estimate of drug-likeness (QED) is 0.500. The zero-order valence-corrected chi connectivity index (χ0v) is 15.7. The molecule has 0 amide bonds. The highest BCUT2D eigenvalue weighted by atomic mass is 79.9. The van der Waals surface area contributed by atoms with Crippen LogP contribution in [0.4, 0.5) is 0 Å². The molecule has 0 spiro atoms. The van der Waals surface area contributed by atoms with E-state index in [0.29, 0.717) is 0 Å². The van der Waals surface area contributed by atoms with Crippen molar-refractivity contribution in [3.05, 3.63) is 79.7 Å². The summed E-state index contributed by atoms with van der Waals surface area (Å²) in [5, 5.41) is 0. The molecule has 1 fully saturated rings. The molecule has 0 aliphatic heterocycles. The number of allylic oxidation sites excluding steroid dienone is 2. The summed E-state index contributed by atoms with van der Waals surface area (Å²) in [5.41, 5.74) is 3.89. The van der Waals surface area contributed by atoms with Gasteiger partial charge in [-0.25, -0.2) is 0 Å². The van der Waals surface area contributed by atoms with Gasteiger partial charge in [-0.2, -0.15) is 0 Å². The Morgan fingerprint density at radius 2 is 1.17 bits per heavy atom. The third-order valence-corrected chi connectivity index (χ3v) is 5.39. The second-order valence-corrected chi connectivity index (χ2v) is 7.27. The Balaban J connectivity index is 1.93. The van der Waals surface area contributed by atoms with Crippen LogP contribution in [0.25, 0.3) is 12.2 Å². The van der Waals surface area contributed by atoms with Crippen molar-refractivity contribution in [3.8, 4) is 0 Å². The van der Waals surface area contributed by atoms with Gasteiger partial charge in [-0.1, -0.05) is 68.3 Å². The van der Waals surface area contributed by atoms with Gasteiger partial charge in [0.1, 0.15) is 0 Å². The first kappa shape index (κ1) is 16.4. The lowest BCUT2D eigenvalue weighted by atomic mass is 9.87. The van der Waals surface area contributed by atoms with Crippen LogP contribution in [-0.4, -0.2) is 5.78 Å². The third-order valence-electron chi connectivity index (χ3n) is 3.95. The molecule has 3 heteroatoms. The maximum Gasteiger partial charge on any atom is 0.185 e. The van der Waals surface area contributed by atoms with Gasteiger partial charge in [-0.05, 0) is 54.7 Å². The molecule has 0 radical (unpaired) electrons. The van der Waals surface area contributed by atoms with Gasteiger partial charge in [-0.15, -0.1) is 0 Å². The van der Waals surface area contributed by atoms with Crippen molar-refractivity contribution in [2.75, 3.05) is 0 Å². The van der Waals surface area contributed by atoms with Crippen molar-refractivity contribution < 1.29 is 4.79 Å². The largest absolute Gasteiger partial charge is 0.289 e. The van der Waals surface area contributed by atoms with Crippen LogP contribution in [0, 0.1) is 0 Å². The van der Waals surface area contributed by atoms with E-state index in [0.717, 1.165) is 50.5 Å². The van der Waals surface area contributed by atoms with E-state index in [-0.39, 0.29) is 5.78 Å². The Bertz CT molecular complexity index is 737. The highest BCUT2D eigenvalue weighted by Gasteiger charge is 2.20. The van der Waals surface area contributed by atoms with Gasteiger partial charge in [0, 0.05) is 20.1 Å². The fourth-order valence-corrected chi connectivity index (χ4v) is 3.54. The fraction of sp³-hybridized carbons (Fsp3) is 0.150. The third kappa shape index (κ3) is 3.91. The van der Waals surface area contributed by atoms with Crippen LogP contribution < -0.4 is 0 Å². The number of hydrogen-bond donors (Lipinski definition) is 0. The summed E-state index contributed by atoms with van der Waals surface area (Å²) in [6, 6.07) is 16.0. The lowest BCUT2D eigenvalue weighted by Crippen LogP contribution is -2.12. The molecule has 0 saturated heterocycles. The minimum absolute atomic E-state index is 0.169. The molecule has 2 aromatic carbocycles. The molecule has 1 aliphatic rings. The highest BCUT2D eigenvalue weighted by molar-refractivity contribution is 9.10. The Morgan fingerprint density at radius 1 is 0.739 bits per heavy atom. The van der Waals surface area contributed by atoms with E-state index in [2.05, 4.69) is 31.9 Å². The van der Waals surface area contributed by atoms with Gasteiger partial charge in [0.2, 0.25) is 0 Å². The van der Waals surface area contributed by atoms with E-state index in [1.807, 2.05) is 60.7 Å². The van der Waals surface area contributed by atoms with E-state index in [1.165, 1.54) is 0 Å². The molecule has 0 heterocycles. The Morgan fingerprint density at radius 3 is 1.61 bits per heavy atom. The normalized spacial score (nSPS) is 18.6. The lowest BCUT2D eigenvalue weighted by molar-refractivity contribution is -0.112. The van der Waals surface area contributed by atoms with E-state index in [4.69, 9.17) is 0 Å². The Hall–Kier alpha value is -1.45. The molecular weight excluding hydrogens is 416 g/mol. The van der Waals surface area contributed by atoms with Crippen molar-refractivity contribution in [2.24, 2.45) is 0 Å². The zero-order chi connectivity index (χ0) is 16.2. The lowest BCUT2D eigenvalue weighted by Gasteiger charge is -2.17. The number of rotatable bonds is 2. The molecule has 116 valence electrons. The molecule has 0 aromatic heterocycles. The first-order valence-corrected chi connectivity index (χ1v) is 9.18. The van der Waals surface area contributed by atoms with Crippen LogP contribution in [0.5, 0.6) is 0 Å². The number of carbonyl (C=O) groups is 1. The van der Waals surface area contributed by atoms with Crippen molar-refractivity contribution >= 4 is 49.8 Å². The van der Waals surface area contributed by atoms with Gasteiger partial charge in [0.25, 0.3) is 0 Å². The first-order valence-electron chi connectivity index (χ1n) is 7.60. The summed E-state index contributed by atoms with van der Waals surface area (Å²) < 4.78 is 2.03. The van der Waals surface area contributed by atoms with E-state index >= 15 is 0 Å². The topological polar surface area (TPSA) is 17.1 Å². The molecule has 0 unspecified atom stereocenters. The molecule has 23 heavy (non-hydrogen) atoms. The average molecular weight is 432 g/mol. The summed E-state index contributed by atoms with van der Waals surface area (Å²) in [5.74, 6) is 0.169. The summed E-state index contributed by atoms with van der Waals surface area (Å²) in [6.45, 7) is 0. The summed E-state index contributed by atoms with van der Waals surface area (Å²) >= 11 is 7.09. The number of hydrogen-bond acceptors (Lipinski definition) is 1. The standard InChI is InChI=1S/C20H16Br2O/c21-18-10-3-1-6-14(18)12-16-8-5-9-17(20(16)23)13-15-7-2-4-11-19(15)22/h1-4,6-7,10-13H,5,8-9H2/b16-12-,17-13+. The van der Waals surface area contributed by atoms with Crippen molar-refractivity contribution in [2.45, 2.75) is 19.3 Å². The summed E-state index contributed by atoms with van der Waals surface area (Å²) in [4.78, 5) is 12.8. The molecular formula is C20H16Br2O. The molecule has 1 aliphatic carbocycles. The Labute approximate surface area is 153 Å². The van der Waals surface area contributed by atoms with Crippen molar-refractivity contribution in [1.29, 1.82) is 0 Å². The summed E-state index contributed by atoms with van der Waals surface area (Å²) in [6.07, 6.45) is 6.72. The zero-order valence-electron chi connectivity index (χ0n) is 12.6. The van der Waals surface area contributed by atoms with E-state index in [9.17, 15) is 4.79 Å². The maximum atomic E-state index is 12.8. The second kappa shape index (κ2) is 7.41. The minimum Gasteiger partial charge on any atom is -0.289 e. The van der Waals surface area contributed by atoms with Crippen LogP contribution in [0.15, 0.2) is 68.6 Å². The molecule has 0 bridgehead atoms. The predicted octanol–water partition coefficient (Wildman–Crippen LogP) is 6.43. The average Bonchev–Trinajstić information content (AvgIpc) is 2.55. The smallest absolute Gasteiger partial charge is 0.185 e. The predicted molar refractivity (Wildman–Crippen MR) is 103 cm³/mol. The number of halogens is 2. The van der Waals surface area contributed by atoms with Crippen LogP contribution in [0.3, 0.4) is 0 Å². The van der Waals surface area contributed by atoms with Gasteiger partial charge in [0.05, 0.1) is 0 Å². The monoisotopic (exact) mass is 430 g/mol. The van der Waals surface area contributed by atoms with Crippen molar-refractivity contribution in [1.82, 2.24) is 0 Å². The Kier molecular flexibility index (Phi) is 5.29. The van der Waals surface area contributed by atoms with E-state index < -0.39 is 0 Å². The number of ketones is 1. The molecule has 3 rings (SSSR count). The van der Waals surface area contributed by atoms with Crippen molar-refractivity contribution in [3.63, 3.8) is 0 Å². The molecule has 0 atom stereocenters. The van der Waals surface area contributed by atoms with Gasteiger partial charge in [-0.3, -0.25) is 4.79 Å². The van der Waals surface area contributed by atoms with Crippen LogP contribution in [-0.2, 0) is 4.79 Å². The molecule has 0 N–H and O–H groups in total. The molecule has 1 saturated carbocycles. The number of carbonyl (C=O) groups excluding carboxylic acids is 1. The van der Waals surface area contributed by atoms with E-state index in [1.54, 1.807) is 0 Å². The van der Waals surface area contributed by atoms with Gasteiger partial charge < -0.3 is 0 Å². The SMILES string of the molecule is O=C1/C(=C\c2ccccc2Br)CCC/C1=C\c1ccccc1Br. The number of benzene rings is 2. The summed E-state index contributed by atoms with van der Waals surface area (Å²) in [7, 11) is 0. The van der Waals surface area contributed by atoms with Crippen LogP contribution in [0.1, 0.15) is 30.4 Å². The van der Waals surface area contributed by atoms with Crippen LogP contribution >= 0.6 is 31.9 Å². The molecule has 1 nitrogen and oxygen atoms in total. The second-order valence-electron chi connectivity index (χ2n) is 5.56. The first-order chi connectivity index (χ1) is 11.1. The van der Waals surface area contributed by atoms with Crippen LogP contribution in [0.2, 0.25) is 0 Å². The maximum absolute atomic E-state index is 12.8. The van der Waals surface area contributed by atoms with Gasteiger partial charge in [0.15, 0.2) is 5.78 Å². The highest BCUT2D eigenvalue weighted by Crippen LogP contribution is 2.30. The minimum atomic E-state index is 0.169.